The summed E-state index contributed by atoms with van der Waals surface area (Å²) >= 11 is 0. The maximum absolute atomic E-state index is 13.1. The number of nitrogens with zero attached hydrogens (tertiary/aromatic N) is 4. The third kappa shape index (κ3) is 3.04. The molecule has 0 bridgehead atoms. The van der Waals surface area contributed by atoms with Crippen LogP contribution in [0.5, 0.6) is 0 Å². The number of urea groups is 1. The number of carbonyl (C=O) groups is 1. The first-order valence-corrected chi connectivity index (χ1v) is 7.96. The predicted octanol–water partition coefficient (Wildman–Crippen LogP) is 2.81. The van der Waals surface area contributed by atoms with Crippen LogP contribution >= 0.6 is 0 Å². The number of aromatic nitrogens is 3. The topological polar surface area (TPSA) is 97.0 Å². The third-order valence-electron chi connectivity index (χ3n) is 4.16. The molecule has 2 aromatic heterocycles. The average molecular weight is 350 g/mol. The first kappa shape index (κ1) is 15.9. The van der Waals surface area contributed by atoms with Crippen molar-refractivity contribution in [3.63, 3.8) is 0 Å². The zero-order valence-corrected chi connectivity index (χ0v) is 13.7. The predicted molar refractivity (Wildman–Crippen MR) is 94.3 cm³/mol. The second kappa shape index (κ2) is 6.40. The Hall–Kier alpha value is -3.55. The van der Waals surface area contributed by atoms with Crippen LogP contribution in [-0.2, 0) is 13.1 Å². The smallest absolute Gasteiger partial charge is 0.323 e. The summed E-state index contributed by atoms with van der Waals surface area (Å²) in [6, 6.07) is 9.01. The van der Waals surface area contributed by atoms with Gasteiger partial charge >= 0.3 is 6.03 Å². The number of halogens is 1. The fourth-order valence-electron chi connectivity index (χ4n) is 2.78. The molecule has 0 unspecified atom stereocenters. The number of nitrogens with two attached hydrogens (primary N) is 1. The van der Waals surface area contributed by atoms with E-state index < -0.39 is 0 Å². The Morgan fingerprint density at radius 2 is 1.96 bits per heavy atom. The van der Waals surface area contributed by atoms with Gasteiger partial charge in [-0.2, -0.15) is 0 Å². The van der Waals surface area contributed by atoms with Gasteiger partial charge in [0.2, 0.25) is 0 Å². The van der Waals surface area contributed by atoms with Crippen molar-refractivity contribution in [3.05, 3.63) is 66.0 Å². The van der Waals surface area contributed by atoms with Crippen molar-refractivity contribution in [1.29, 1.82) is 0 Å². The number of pyridine rings is 1. The molecular weight excluding hydrogens is 335 g/mol. The van der Waals surface area contributed by atoms with Crippen LogP contribution in [0.3, 0.4) is 0 Å². The van der Waals surface area contributed by atoms with Crippen molar-refractivity contribution in [3.8, 4) is 11.3 Å². The van der Waals surface area contributed by atoms with Gasteiger partial charge in [0.15, 0.2) is 5.82 Å². The van der Waals surface area contributed by atoms with Gasteiger partial charge in [-0.3, -0.25) is 5.32 Å². The van der Waals surface area contributed by atoms with E-state index in [1.807, 2.05) is 0 Å². The molecule has 7 nitrogen and oxygen atoms in total. The van der Waals surface area contributed by atoms with Gasteiger partial charge in [-0.1, -0.05) is 0 Å². The molecule has 0 saturated carbocycles. The molecule has 0 saturated heterocycles. The monoisotopic (exact) mass is 350 g/mol. The van der Waals surface area contributed by atoms with Gasteiger partial charge in [0.05, 0.1) is 30.2 Å². The number of hydrogen-bond donors (Lipinski definition) is 2. The fourth-order valence-corrected chi connectivity index (χ4v) is 2.78. The maximum Gasteiger partial charge on any atom is 0.323 e. The normalized spacial score (nSPS) is 12.7. The second-order valence-corrected chi connectivity index (χ2v) is 5.92. The summed E-state index contributed by atoms with van der Waals surface area (Å²) in [7, 11) is 0. The highest BCUT2D eigenvalue weighted by molar-refractivity contribution is 5.92. The van der Waals surface area contributed by atoms with Crippen LogP contribution in [-0.4, -0.2) is 25.9 Å². The summed E-state index contributed by atoms with van der Waals surface area (Å²) in [6.45, 7) is 0.834. The number of carbonyl (C=O) groups excluding carboxylic acids is 1. The molecule has 3 heterocycles. The summed E-state index contributed by atoms with van der Waals surface area (Å²) in [5, 5.41) is 2.74. The Morgan fingerprint density at radius 3 is 2.73 bits per heavy atom. The molecule has 3 aromatic rings. The molecule has 1 aliphatic rings. The van der Waals surface area contributed by atoms with Crippen molar-refractivity contribution in [1.82, 2.24) is 19.9 Å². The van der Waals surface area contributed by atoms with Crippen molar-refractivity contribution >= 4 is 17.5 Å². The van der Waals surface area contributed by atoms with E-state index in [-0.39, 0.29) is 17.7 Å². The minimum atomic E-state index is -0.325. The van der Waals surface area contributed by atoms with Crippen LogP contribution in [0.4, 0.5) is 20.7 Å². The van der Waals surface area contributed by atoms with Crippen LogP contribution in [0.25, 0.3) is 11.3 Å². The lowest BCUT2D eigenvalue weighted by Crippen LogP contribution is -2.31. The largest absolute Gasteiger partial charge is 0.396 e. The van der Waals surface area contributed by atoms with Crippen LogP contribution in [0.15, 0.2) is 48.9 Å². The summed E-state index contributed by atoms with van der Waals surface area (Å²) in [4.78, 5) is 26.7. The fraction of sp³-hybridized carbons (Fsp3) is 0.111. The summed E-state index contributed by atoms with van der Waals surface area (Å²) < 4.78 is 13.1. The van der Waals surface area contributed by atoms with Gasteiger partial charge in [-0.15, -0.1) is 0 Å². The van der Waals surface area contributed by atoms with E-state index >= 15 is 0 Å². The van der Waals surface area contributed by atoms with Gasteiger partial charge in [0.1, 0.15) is 12.1 Å². The summed E-state index contributed by atoms with van der Waals surface area (Å²) in [5.41, 5.74) is 9.36. The standard InChI is InChI=1S/C18H15FN6O/c19-13-3-1-11(2-4-13)15-6-5-14(20)17(23-15)24-18(26)25-8-12-7-21-10-22-16(12)9-25/h1-7,10H,8-9,20H2,(H,23,24,26). The van der Waals surface area contributed by atoms with Crippen molar-refractivity contribution in [2.24, 2.45) is 0 Å². The van der Waals surface area contributed by atoms with E-state index in [2.05, 4.69) is 20.3 Å². The molecule has 4 rings (SSSR count). The van der Waals surface area contributed by atoms with Crippen molar-refractivity contribution in [2.45, 2.75) is 13.1 Å². The molecule has 0 atom stereocenters. The highest BCUT2D eigenvalue weighted by Gasteiger charge is 2.25. The molecule has 130 valence electrons. The Morgan fingerprint density at radius 1 is 1.15 bits per heavy atom. The number of nitrogen functional groups attached to an aromatic ring is 1. The van der Waals surface area contributed by atoms with Gasteiger partial charge in [0.25, 0.3) is 0 Å². The number of benzene rings is 1. The highest BCUT2D eigenvalue weighted by Crippen LogP contribution is 2.25. The lowest BCUT2D eigenvalue weighted by atomic mass is 10.1. The number of nitrogens with one attached hydrogen (secondary N) is 1. The number of rotatable bonds is 2. The molecule has 3 N–H and O–H groups in total. The summed E-state index contributed by atoms with van der Waals surface area (Å²) in [6.07, 6.45) is 3.17. The highest BCUT2D eigenvalue weighted by atomic mass is 19.1. The summed E-state index contributed by atoms with van der Waals surface area (Å²) in [5.74, 6) is -0.0618. The van der Waals surface area contributed by atoms with Crippen LogP contribution in [0.2, 0.25) is 0 Å². The van der Waals surface area contributed by atoms with E-state index in [0.717, 1.165) is 16.8 Å². The average Bonchev–Trinajstić information content (AvgIpc) is 3.09. The molecule has 0 aliphatic carbocycles. The number of fused-ring (bicyclic) bond motifs is 1. The molecule has 0 radical (unpaired) electrons. The van der Waals surface area contributed by atoms with Gasteiger partial charge in [-0.05, 0) is 36.4 Å². The van der Waals surface area contributed by atoms with Gasteiger partial charge < -0.3 is 10.6 Å². The molecule has 0 spiro atoms. The van der Waals surface area contributed by atoms with E-state index in [4.69, 9.17) is 5.73 Å². The van der Waals surface area contributed by atoms with Gasteiger partial charge in [0, 0.05) is 17.3 Å². The van der Waals surface area contributed by atoms with Crippen LogP contribution in [0, 0.1) is 5.82 Å². The quantitative estimate of drug-likeness (QED) is 0.741. The first-order chi connectivity index (χ1) is 12.6. The van der Waals surface area contributed by atoms with E-state index in [9.17, 15) is 9.18 Å². The van der Waals surface area contributed by atoms with E-state index in [1.54, 1.807) is 35.4 Å². The van der Waals surface area contributed by atoms with Crippen LogP contribution < -0.4 is 11.1 Å². The van der Waals surface area contributed by atoms with E-state index in [0.29, 0.717) is 24.5 Å². The minimum Gasteiger partial charge on any atom is -0.396 e. The van der Waals surface area contributed by atoms with Crippen molar-refractivity contribution < 1.29 is 9.18 Å². The molecule has 1 aliphatic heterocycles. The van der Waals surface area contributed by atoms with Crippen LogP contribution in [0.1, 0.15) is 11.3 Å². The number of anilines is 2. The Balaban J connectivity index is 1.54. The Bertz CT molecular complexity index is 951. The molecular formula is C18H15FN6O. The third-order valence-corrected chi connectivity index (χ3v) is 4.16. The zero-order valence-electron chi connectivity index (χ0n) is 13.7. The maximum atomic E-state index is 13.1. The number of amides is 2. The van der Waals surface area contributed by atoms with Crippen molar-refractivity contribution in [2.75, 3.05) is 11.1 Å². The zero-order chi connectivity index (χ0) is 18.1. The molecule has 2 amide bonds. The molecule has 26 heavy (non-hydrogen) atoms. The number of hydrogen-bond acceptors (Lipinski definition) is 5. The lowest BCUT2D eigenvalue weighted by molar-refractivity contribution is 0.212. The lowest BCUT2D eigenvalue weighted by Gasteiger charge is -2.17. The molecule has 0 fully saturated rings. The van der Waals surface area contributed by atoms with Gasteiger partial charge in [-0.25, -0.2) is 24.1 Å². The molecule has 1 aromatic carbocycles. The minimum absolute atomic E-state index is 0.263. The Kier molecular flexibility index (Phi) is 3.92. The first-order valence-electron chi connectivity index (χ1n) is 7.96. The molecule has 8 heteroatoms. The second-order valence-electron chi connectivity index (χ2n) is 5.92. The SMILES string of the molecule is Nc1ccc(-c2ccc(F)cc2)nc1NC(=O)N1Cc2cncnc2C1. The Labute approximate surface area is 148 Å². The van der Waals surface area contributed by atoms with E-state index in [1.165, 1.54) is 18.5 Å².